The van der Waals surface area contributed by atoms with Crippen molar-refractivity contribution < 1.29 is 4.79 Å². The third-order valence-corrected chi connectivity index (χ3v) is 0.734. The van der Waals surface area contributed by atoms with Gasteiger partial charge in [0.15, 0.2) is 0 Å². The fourth-order valence-corrected chi connectivity index (χ4v) is 0.403. The molecule has 0 aliphatic heterocycles. The molecule has 2 N–H and O–H groups in total. The average molecular weight is 140 g/mol. The van der Waals surface area contributed by atoms with E-state index in [9.17, 15) is 4.79 Å². The van der Waals surface area contributed by atoms with Gasteiger partial charge in [-0.2, -0.15) is 0 Å². The van der Waals surface area contributed by atoms with E-state index in [2.05, 4.69) is 23.8 Å². The SMILES string of the molecule is C=CCNC(=O)NC(=C)C. The summed E-state index contributed by atoms with van der Waals surface area (Å²) in [6.07, 6.45) is 1.61. The van der Waals surface area contributed by atoms with E-state index in [1.165, 1.54) is 0 Å². The van der Waals surface area contributed by atoms with Crippen molar-refractivity contribution in [1.82, 2.24) is 10.6 Å². The second kappa shape index (κ2) is 4.61. The molecule has 0 aliphatic carbocycles. The molecule has 0 radical (unpaired) electrons. The zero-order valence-electron chi connectivity index (χ0n) is 6.11. The number of rotatable bonds is 3. The summed E-state index contributed by atoms with van der Waals surface area (Å²) in [5.41, 5.74) is 0.626. The number of hydrogen-bond donors (Lipinski definition) is 2. The summed E-state index contributed by atoms with van der Waals surface area (Å²) in [5, 5.41) is 5.02. The molecule has 0 fully saturated rings. The van der Waals surface area contributed by atoms with Crippen molar-refractivity contribution in [3.8, 4) is 0 Å². The Hall–Kier alpha value is -1.25. The number of nitrogens with one attached hydrogen (secondary N) is 2. The second-order valence-corrected chi connectivity index (χ2v) is 1.90. The zero-order chi connectivity index (χ0) is 7.98. The lowest BCUT2D eigenvalue weighted by Crippen LogP contribution is -2.33. The van der Waals surface area contributed by atoms with Gasteiger partial charge in [0.25, 0.3) is 0 Å². The van der Waals surface area contributed by atoms with Gasteiger partial charge in [-0.3, -0.25) is 0 Å². The lowest BCUT2D eigenvalue weighted by atomic mass is 10.5. The first kappa shape index (κ1) is 8.75. The van der Waals surface area contributed by atoms with Gasteiger partial charge in [-0.15, -0.1) is 6.58 Å². The maximum Gasteiger partial charge on any atom is 0.319 e. The van der Waals surface area contributed by atoms with Crippen LogP contribution < -0.4 is 10.6 Å². The summed E-state index contributed by atoms with van der Waals surface area (Å²) >= 11 is 0. The number of amides is 2. The monoisotopic (exact) mass is 140 g/mol. The summed E-state index contributed by atoms with van der Waals surface area (Å²) in [4.78, 5) is 10.7. The Labute approximate surface area is 60.8 Å². The molecule has 0 aromatic rings. The standard InChI is InChI=1S/C7H12N2O/c1-4-5-8-7(10)9-6(2)3/h4H,1-2,5H2,3H3,(H2,8,9,10). The Bertz CT molecular complexity index is 152. The molecular formula is C7H12N2O. The van der Waals surface area contributed by atoms with Gasteiger partial charge in [0.05, 0.1) is 0 Å². The first-order valence-electron chi connectivity index (χ1n) is 2.98. The van der Waals surface area contributed by atoms with Crippen molar-refractivity contribution in [3.63, 3.8) is 0 Å². The van der Waals surface area contributed by atoms with Gasteiger partial charge in [0, 0.05) is 12.2 Å². The van der Waals surface area contributed by atoms with Crippen LogP contribution in [0.25, 0.3) is 0 Å². The predicted molar refractivity (Wildman–Crippen MR) is 41.5 cm³/mol. The molecule has 2 amide bonds. The van der Waals surface area contributed by atoms with Crippen LogP contribution in [0.5, 0.6) is 0 Å². The summed E-state index contributed by atoms with van der Waals surface area (Å²) in [5.74, 6) is 0. The highest BCUT2D eigenvalue weighted by molar-refractivity contribution is 5.75. The first-order valence-corrected chi connectivity index (χ1v) is 2.98. The maximum absolute atomic E-state index is 10.7. The smallest absolute Gasteiger partial charge is 0.319 e. The molecule has 3 nitrogen and oxygen atoms in total. The molecule has 3 heteroatoms. The second-order valence-electron chi connectivity index (χ2n) is 1.90. The fraction of sp³-hybridized carbons (Fsp3) is 0.286. The molecule has 0 rings (SSSR count). The van der Waals surface area contributed by atoms with Crippen molar-refractivity contribution in [3.05, 3.63) is 24.9 Å². The van der Waals surface area contributed by atoms with E-state index in [-0.39, 0.29) is 6.03 Å². The minimum Gasteiger partial charge on any atom is -0.334 e. The average Bonchev–Trinajstić information content (AvgIpc) is 1.82. The first-order chi connectivity index (χ1) is 4.66. The predicted octanol–water partition coefficient (Wildman–Crippen LogP) is 1.01. The van der Waals surface area contributed by atoms with Crippen LogP contribution in [-0.4, -0.2) is 12.6 Å². The minimum atomic E-state index is -0.243. The van der Waals surface area contributed by atoms with Crippen molar-refractivity contribution >= 4 is 6.03 Å². The van der Waals surface area contributed by atoms with Gasteiger partial charge in [0.2, 0.25) is 0 Å². The summed E-state index contributed by atoms with van der Waals surface area (Å²) in [6.45, 7) is 9.14. The Balaban J connectivity index is 3.43. The van der Waals surface area contributed by atoms with Gasteiger partial charge in [-0.05, 0) is 6.92 Å². The molecule has 0 spiro atoms. The normalized spacial score (nSPS) is 8.10. The van der Waals surface area contributed by atoms with Gasteiger partial charge in [-0.1, -0.05) is 12.7 Å². The van der Waals surface area contributed by atoms with Crippen LogP contribution in [0.2, 0.25) is 0 Å². The molecule has 56 valence electrons. The van der Waals surface area contributed by atoms with Crippen molar-refractivity contribution in [2.24, 2.45) is 0 Å². The fourth-order valence-electron chi connectivity index (χ4n) is 0.403. The molecule has 0 heterocycles. The molecule has 0 aromatic carbocycles. The number of carbonyl (C=O) groups excluding carboxylic acids is 1. The molecule has 0 saturated carbocycles. The maximum atomic E-state index is 10.7. The lowest BCUT2D eigenvalue weighted by Gasteiger charge is -2.02. The van der Waals surface area contributed by atoms with Crippen LogP contribution in [0.4, 0.5) is 4.79 Å². The molecule has 0 aliphatic rings. The van der Waals surface area contributed by atoms with Crippen LogP contribution in [0, 0.1) is 0 Å². The van der Waals surface area contributed by atoms with Crippen LogP contribution in [0.15, 0.2) is 24.9 Å². The van der Waals surface area contributed by atoms with E-state index in [4.69, 9.17) is 0 Å². The van der Waals surface area contributed by atoms with Crippen LogP contribution in [-0.2, 0) is 0 Å². The summed E-state index contributed by atoms with van der Waals surface area (Å²) < 4.78 is 0. The molecule has 10 heavy (non-hydrogen) atoms. The highest BCUT2D eigenvalue weighted by atomic mass is 16.2. The Morgan fingerprint density at radius 1 is 1.70 bits per heavy atom. The highest BCUT2D eigenvalue weighted by Gasteiger charge is 1.94. The Kier molecular flexibility index (Phi) is 4.04. The third kappa shape index (κ3) is 4.90. The largest absolute Gasteiger partial charge is 0.334 e. The molecule has 0 aromatic heterocycles. The van der Waals surface area contributed by atoms with E-state index in [1.807, 2.05) is 0 Å². The Morgan fingerprint density at radius 3 is 2.70 bits per heavy atom. The van der Waals surface area contributed by atoms with E-state index in [0.717, 1.165) is 0 Å². The zero-order valence-corrected chi connectivity index (χ0v) is 6.11. The number of hydrogen-bond acceptors (Lipinski definition) is 1. The van der Waals surface area contributed by atoms with Gasteiger partial charge < -0.3 is 10.6 Å². The van der Waals surface area contributed by atoms with E-state index < -0.39 is 0 Å². The number of allylic oxidation sites excluding steroid dienone is 1. The molecule has 0 saturated heterocycles. The number of urea groups is 1. The molecule has 0 unspecified atom stereocenters. The topological polar surface area (TPSA) is 41.1 Å². The number of carbonyl (C=O) groups is 1. The summed E-state index contributed by atoms with van der Waals surface area (Å²) in [7, 11) is 0. The van der Waals surface area contributed by atoms with Crippen molar-refractivity contribution in [1.29, 1.82) is 0 Å². The highest BCUT2D eigenvalue weighted by Crippen LogP contribution is 1.76. The lowest BCUT2D eigenvalue weighted by molar-refractivity contribution is 0.244. The van der Waals surface area contributed by atoms with E-state index in [0.29, 0.717) is 12.2 Å². The van der Waals surface area contributed by atoms with Gasteiger partial charge >= 0.3 is 6.03 Å². The van der Waals surface area contributed by atoms with Gasteiger partial charge in [-0.25, -0.2) is 4.79 Å². The quantitative estimate of drug-likeness (QED) is 0.564. The molecule has 0 atom stereocenters. The summed E-state index contributed by atoms with van der Waals surface area (Å²) in [6, 6.07) is -0.243. The molecule has 0 bridgehead atoms. The van der Waals surface area contributed by atoms with Crippen LogP contribution in [0.3, 0.4) is 0 Å². The minimum absolute atomic E-state index is 0.243. The Morgan fingerprint density at radius 2 is 2.30 bits per heavy atom. The van der Waals surface area contributed by atoms with Crippen LogP contribution in [0.1, 0.15) is 6.92 Å². The third-order valence-electron chi connectivity index (χ3n) is 0.734. The van der Waals surface area contributed by atoms with E-state index in [1.54, 1.807) is 13.0 Å². The molecular weight excluding hydrogens is 128 g/mol. The van der Waals surface area contributed by atoms with Crippen molar-refractivity contribution in [2.75, 3.05) is 6.54 Å². The van der Waals surface area contributed by atoms with E-state index >= 15 is 0 Å². The van der Waals surface area contributed by atoms with Crippen molar-refractivity contribution in [2.45, 2.75) is 6.92 Å². The van der Waals surface area contributed by atoms with Crippen LogP contribution >= 0.6 is 0 Å². The van der Waals surface area contributed by atoms with Gasteiger partial charge in [0.1, 0.15) is 0 Å².